The highest BCUT2D eigenvalue weighted by atomic mass is 32.2. The minimum atomic E-state index is -0.485. The quantitative estimate of drug-likeness (QED) is 0.602. The van der Waals surface area contributed by atoms with Crippen molar-refractivity contribution in [3.63, 3.8) is 0 Å². The van der Waals surface area contributed by atoms with Gasteiger partial charge in [-0.25, -0.2) is 0 Å². The minimum absolute atomic E-state index is 0.213. The zero-order chi connectivity index (χ0) is 17.7. The van der Waals surface area contributed by atoms with E-state index >= 15 is 0 Å². The summed E-state index contributed by atoms with van der Waals surface area (Å²) in [4.78, 5) is 24.6. The van der Waals surface area contributed by atoms with E-state index in [9.17, 15) is 9.59 Å². The van der Waals surface area contributed by atoms with E-state index in [2.05, 4.69) is 0 Å². The summed E-state index contributed by atoms with van der Waals surface area (Å²) in [5.74, 6) is -0.281. The van der Waals surface area contributed by atoms with Crippen LogP contribution in [0.5, 0.6) is 17.2 Å². The molecule has 6 heteroatoms. The molecule has 5 nitrogen and oxygen atoms in total. The minimum Gasteiger partial charge on any atom is -0.490 e. The van der Waals surface area contributed by atoms with Crippen LogP contribution in [0.25, 0.3) is 0 Å². The second-order valence-electron chi connectivity index (χ2n) is 4.96. The number of ether oxygens (including phenoxy) is 3. The first-order chi connectivity index (χ1) is 11.4. The molecule has 2 aromatic carbocycles. The van der Waals surface area contributed by atoms with Crippen LogP contribution in [0.2, 0.25) is 0 Å². The third-order valence-corrected chi connectivity index (χ3v) is 4.23. The van der Waals surface area contributed by atoms with Crippen LogP contribution in [0.4, 0.5) is 0 Å². The zero-order valence-corrected chi connectivity index (χ0v) is 14.7. The number of rotatable bonds is 5. The number of hydrogen-bond donors (Lipinski definition) is 0. The largest absolute Gasteiger partial charge is 0.490 e. The van der Waals surface area contributed by atoms with E-state index in [0.29, 0.717) is 0 Å². The lowest BCUT2D eigenvalue weighted by atomic mass is 10.2. The van der Waals surface area contributed by atoms with Crippen LogP contribution < -0.4 is 14.2 Å². The summed E-state index contributed by atoms with van der Waals surface area (Å²) in [6, 6.07) is 11.4. The van der Waals surface area contributed by atoms with E-state index in [1.807, 2.05) is 37.3 Å². The second-order valence-corrected chi connectivity index (χ2v) is 6.08. The van der Waals surface area contributed by atoms with Gasteiger partial charge in [0.25, 0.3) is 0 Å². The Morgan fingerprint density at radius 1 is 0.958 bits per heavy atom. The third-order valence-electron chi connectivity index (χ3n) is 3.08. The molecule has 0 amide bonds. The molecule has 0 saturated heterocycles. The standard InChI is InChI=1S/C18H18O5S/c1-11-16(24-14-8-6-5-7-9-14)10-15(22-12(2)19)18(21-4)17(11)23-13(3)20/h5-10H,1-4H3. The summed E-state index contributed by atoms with van der Waals surface area (Å²) in [6.45, 7) is 4.43. The normalized spacial score (nSPS) is 10.2. The van der Waals surface area contributed by atoms with Crippen molar-refractivity contribution >= 4 is 23.7 Å². The van der Waals surface area contributed by atoms with E-state index in [-0.39, 0.29) is 17.2 Å². The van der Waals surface area contributed by atoms with Gasteiger partial charge in [0.15, 0.2) is 11.5 Å². The molecule has 0 fully saturated rings. The molecule has 126 valence electrons. The van der Waals surface area contributed by atoms with Gasteiger partial charge in [0.2, 0.25) is 5.75 Å². The zero-order valence-electron chi connectivity index (χ0n) is 13.9. The van der Waals surface area contributed by atoms with Gasteiger partial charge in [0.1, 0.15) is 0 Å². The fourth-order valence-electron chi connectivity index (χ4n) is 2.10. The maximum Gasteiger partial charge on any atom is 0.308 e. The smallest absolute Gasteiger partial charge is 0.308 e. The Hall–Kier alpha value is -2.47. The topological polar surface area (TPSA) is 61.8 Å². The van der Waals surface area contributed by atoms with Gasteiger partial charge in [-0.2, -0.15) is 0 Å². The number of carbonyl (C=O) groups excluding carboxylic acids is 2. The van der Waals surface area contributed by atoms with Crippen LogP contribution in [0.15, 0.2) is 46.2 Å². The molecule has 0 spiro atoms. The van der Waals surface area contributed by atoms with E-state index in [4.69, 9.17) is 14.2 Å². The fraction of sp³-hybridized carbons (Fsp3) is 0.222. The fourth-order valence-corrected chi connectivity index (χ4v) is 3.06. The molecule has 0 aliphatic heterocycles. The highest BCUT2D eigenvalue weighted by Gasteiger charge is 2.22. The first kappa shape index (κ1) is 17.9. The van der Waals surface area contributed by atoms with E-state index < -0.39 is 11.9 Å². The molecule has 0 aliphatic rings. The average Bonchev–Trinajstić information content (AvgIpc) is 2.52. The predicted molar refractivity (Wildman–Crippen MR) is 90.9 cm³/mol. The molecule has 0 atom stereocenters. The molecule has 0 aromatic heterocycles. The maximum atomic E-state index is 11.4. The Bertz CT molecular complexity index is 756. The van der Waals surface area contributed by atoms with Crippen molar-refractivity contribution in [1.29, 1.82) is 0 Å². The van der Waals surface area contributed by atoms with Crippen LogP contribution in [-0.4, -0.2) is 19.0 Å². The summed E-state index contributed by atoms with van der Waals surface area (Å²) < 4.78 is 15.8. The average molecular weight is 346 g/mol. The lowest BCUT2D eigenvalue weighted by Gasteiger charge is -2.17. The maximum absolute atomic E-state index is 11.4. The van der Waals surface area contributed by atoms with Gasteiger partial charge in [0, 0.05) is 29.2 Å². The van der Waals surface area contributed by atoms with Crippen LogP contribution in [0.1, 0.15) is 19.4 Å². The summed E-state index contributed by atoms with van der Waals surface area (Å²) in [5, 5.41) is 0. The molecular formula is C18H18O5S. The molecule has 0 saturated carbocycles. The molecular weight excluding hydrogens is 328 g/mol. The Labute approximate surface area is 144 Å². The molecule has 0 heterocycles. The SMILES string of the molecule is COc1c(OC(C)=O)cc(Sc2ccccc2)c(C)c1OC(C)=O. The highest BCUT2D eigenvalue weighted by molar-refractivity contribution is 7.99. The van der Waals surface area contributed by atoms with Crippen LogP contribution in [0, 0.1) is 6.92 Å². The number of esters is 2. The Morgan fingerprint density at radius 3 is 2.12 bits per heavy atom. The Morgan fingerprint density at radius 2 is 1.58 bits per heavy atom. The van der Waals surface area contributed by atoms with Crippen LogP contribution in [-0.2, 0) is 9.59 Å². The molecule has 24 heavy (non-hydrogen) atoms. The van der Waals surface area contributed by atoms with Gasteiger partial charge in [-0.3, -0.25) is 9.59 Å². The number of benzene rings is 2. The number of carbonyl (C=O) groups is 2. The van der Waals surface area contributed by atoms with Crippen molar-refractivity contribution in [2.24, 2.45) is 0 Å². The summed E-state index contributed by atoms with van der Waals surface area (Å²) >= 11 is 1.48. The summed E-state index contributed by atoms with van der Waals surface area (Å²) in [7, 11) is 1.43. The van der Waals surface area contributed by atoms with Gasteiger partial charge in [-0.05, 0) is 25.1 Å². The van der Waals surface area contributed by atoms with Gasteiger partial charge in [-0.1, -0.05) is 30.0 Å². The highest BCUT2D eigenvalue weighted by Crippen LogP contribution is 2.46. The molecule has 2 aromatic rings. The van der Waals surface area contributed by atoms with E-state index in [1.165, 1.54) is 32.7 Å². The summed E-state index contributed by atoms with van der Waals surface area (Å²) in [5.41, 5.74) is 0.729. The Kier molecular flexibility index (Phi) is 5.87. The number of methoxy groups -OCH3 is 1. The van der Waals surface area contributed by atoms with Crippen LogP contribution >= 0.6 is 11.8 Å². The predicted octanol–water partition coefficient (Wildman–Crippen LogP) is 4.01. The van der Waals surface area contributed by atoms with Crippen LogP contribution in [0.3, 0.4) is 0 Å². The van der Waals surface area contributed by atoms with Gasteiger partial charge < -0.3 is 14.2 Å². The number of hydrogen-bond acceptors (Lipinski definition) is 6. The van der Waals surface area contributed by atoms with E-state index in [1.54, 1.807) is 6.07 Å². The molecule has 0 aliphatic carbocycles. The van der Waals surface area contributed by atoms with Crippen molar-refractivity contribution in [2.75, 3.05) is 7.11 Å². The monoisotopic (exact) mass is 346 g/mol. The van der Waals surface area contributed by atoms with Crippen molar-refractivity contribution in [3.8, 4) is 17.2 Å². The summed E-state index contributed by atoms with van der Waals surface area (Å²) in [6.07, 6.45) is 0. The van der Waals surface area contributed by atoms with Gasteiger partial charge in [-0.15, -0.1) is 0 Å². The lowest BCUT2D eigenvalue weighted by Crippen LogP contribution is -2.08. The first-order valence-electron chi connectivity index (χ1n) is 7.23. The first-order valence-corrected chi connectivity index (χ1v) is 8.05. The van der Waals surface area contributed by atoms with Crippen molar-refractivity contribution in [3.05, 3.63) is 42.0 Å². The third kappa shape index (κ3) is 4.29. The molecule has 0 bridgehead atoms. The molecule has 0 unspecified atom stereocenters. The van der Waals surface area contributed by atoms with Gasteiger partial charge in [0.05, 0.1) is 7.11 Å². The van der Waals surface area contributed by atoms with Crippen molar-refractivity contribution in [1.82, 2.24) is 0 Å². The van der Waals surface area contributed by atoms with E-state index in [0.717, 1.165) is 15.4 Å². The van der Waals surface area contributed by atoms with Gasteiger partial charge >= 0.3 is 11.9 Å². The van der Waals surface area contributed by atoms with Crippen molar-refractivity contribution < 1.29 is 23.8 Å². The van der Waals surface area contributed by atoms with Crippen molar-refractivity contribution in [2.45, 2.75) is 30.6 Å². The Balaban J connectivity index is 2.56. The second kappa shape index (κ2) is 7.88. The lowest BCUT2D eigenvalue weighted by molar-refractivity contribution is -0.132. The molecule has 0 N–H and O–H groups in total. The molecule has 2 rings (SSSR count). The molecule has 0 radical (unpaired) electrons.